The predicted molar refractivity (Wildman–Crippen MR) is 110 cm³/mol. The van der Waals surface area contributed by atoms with Crippen molar-refractivity contribution in [3.63, 3.8) is 0 Å². The third-order valence-electron chi connectivity index (χ3n) is 6.10. The zero-order valence-electron chi connectivity index (χ0n) is 15.9. The number of nitrogens with zero attached hydrogens (tertiary/aromatic N) is 3. The van der Waals surface area contributed by atoms with Gasteiger partial charge < -0.3 is 9.80 Å². The van der Waals surface area contributed by atoms with Crippen molar-refractivity contribution in [2.75, 3.05) is 40.8 Å². The van der Waals surface area contributed by atoms with Crippen LogP contribution in [0.15, 0.2) is 41.3 Å². The van der Waals surface area contributed by atoms with E-state index in [2.05, 4.69) is 11.0 Å². The molecule has 5 rings (SSSR count). The number of anilines is 3. The lowest BCUT2D eigenvalue weighted by molar-refractivity contribution is -0.117. The molecule has 7 heteroatoms. The smallest absolute Gasteiger partial charge is 0.264 e. The fourth-order valence-corrected chi connectivity index (χ4v) is 6.07. The maximum absolute atomic E-state index is 13.3. The fraction of sp³-hybridized carbons (Fsp3) is 0.381. The Labute approximate surface area is 165 Å². The average molecular weight is 398 g/mol. The van der Waals surface area contributed by atoms with Crippen LogP contribution >= 0.6 is 0 Å². The van der Waals surface area contributed by atoms with Crippen molar-refractivity contribution >= 4 is 33.0 Å². The van der Waals surface area contributed by atoms with Gasteiger partial charge in [-0.2, -0.15) is 0 Å². The molecule has 1 fully saturated rings. The van der Waals surface area contributed by atoms with Crippen LogP contribution in [0.4, 0.5) is 17.1 Å². The molecule has 146 valence electrons. The van der Waals surface area contributed by atoms with Gasteiger partial charge in [-0.05, 0) is 66.8 Å². The summed E-state index contributed by atoms with van der Waals surface area (Å²) in [5.41, 5.74) is 4.62. The molecule has 0 bridgehead atoms. The standard InChI is InChI=1S/C21H23N3O3S/c1-22-19-7-5-18(13-16(19)14-21(22)25)28(26,27)24-11-8-15-12-17(4-6-20(15)24)23-9-2-3-10-23/h4-7,12-13H,2-3,8-11,14H2,1H3. The minimum absolute atomic E-state index is 0.00879. The van der Waals surface area contributed by atoms with Crippen LogP contribution in [0.3, 0.4) is 0 Å². The summed E-state index contributed by atoms with van der Waals surface area (Å²) in [6, 6.07) is 11.1. The van der Waals surface area contributed by atoms with Crippen LogP contribution in [0.25, 0.3) is 0 Å². The summed E-state index contributed by atoms with van der Waals surface area (Å²) in [5, 5.41) is 0. The summed E-state index contributed by atoms with van der Waals surface area (Å²) in [6.45, 7) is 2.60. The molecule has 3 aliphatic rings. The normalized spacial score (nSPS) is 18.8. The molecule has 0 aliphatic carbocycles. The average Bonchev–Trinajstić information content (AvgIpc) is 3.41. The van der Waals surface area contributed by atoms with E-state index in [0.29, 0.717) is 6.54 Å². The fourth-order valence-electron chi connectivity index (χ4n) is 4.51. The van der Waals surface area contributed by atoms with Crippen molar-refractivity contribution in [2.24, 2.45) is 0 Å². The predicted octanol–water partition coefficient (Wildman–Crippen LogP) is 2.56. The first-order chi connectivity index (χ1) is 13.4. The van der Waals surface area contributed by atoms with Crippen molar-refractivity contribution in [1.29, 1.82) is 0 Å². The van der Waals surface area contributed by atoms with E-state index in [-0.39, 0.29) is 17.2 Å². The minimum atomic E-state index is -3.65. The van der Waals surface area contributed by atoms with Gasteiger partial charge in [0.15, 0.2) is 0 Å². The van der Waals surface area contributed by atoms with Crippen LogP contribution in [0.2, 0.25) is 0 Å². The number of fused-ring (bicyclic) bond motifs is 2. The van der Waals surface area contributed by atoms with Gasteiger partial charge in [0.25, 0.3) is 10.0 Å². The van der Waals surface area contributed by atoms with E-state index in [9.17, 15) is 13.2 Å². The number of amides is 1. The van der Waals surface area contributed by atoms with Crippen molar-refractivity contribution in [3.8, 4) is 0 Å². The molecule has 6 nitrogen and oxygen atoms in total. The van der Waals surface area contributed by atoms with Crippen molar-refractivity contribution in [3.05, 3.63) is 47.5 Å². The molecule has 0 radical (unpaired) electrons. The van der Waals surface area contributed by atoms with Crippen LogP contribution in [-0.4, -0.2) is 41.0 Å². The Bertz CT molecular complexity index is 1070. The van der Waals surface area contributed by atoms with Crippen LogP contribution in [-0.2, 0) is 27.7 Å². The second kappa shape index (κ2) is 6.24. The van der Waals surface area contributed by atoms with E-state index in [1.54, 1.807) is 30.1 Å². The van der Waals surface area contributed by atoms with E-state index < -0.39 is 10.0 Å². The molecule has 1 saturated heterocycles. The lowest BCUT2D eigenvalue weighted by Gasteiger charge is -2.22. The first-order valence-electron chi connectivity index (χ1n) is 9.75. The van der Waals surface area contributed by atoms with Gasteiger partial charge in [-0.3, -0.25) is 9.10 Å². The maximum atomic E-state index is 13.3. The van der Waals surface area contributed by atoms with Crippen molar-refractivity contribution < 1.29 is 13.2 Å². The van der Waals surface area contributed by atoms with E-state index >= 15 is 0 Å². The van der Waals surface area contributed by atoms with Gasteiger partial charge in [-0.25, -0.2) is 8.42 Å². The Morgan fingerprint density at radius 1 is 0.893 bits per heavy atom. The summed E-state index contributed by atoms with van der Waals surface area (Å²) >= 11 is 0. The number of likely N-dealkylation sites (N-methyl/N-ethyl adjacent to an activating group) is 1. The highest BCUT2D eigenvalue weighted by molar-refractivity contribution is 7.92. The molecule has 3 heterocycles. The van der Waals surface area contributed by atoms with E-state index in [4.69, 9.17) is 0 Å². The molecule has 1 amide bonds. The summed E-state index contributed by atoms with van der Waals surface area (Å²) in [6.07, 6.45) is 3.41. The van der Waals surface area contributed by atoms with Gasteiger partial charge in [0.2, 0.25) is 5.91 Å². The zero-order chi connectivity index (χ0) is 19.5. The lowest BCUT2D eigenvalue weighted by atomic mass is 10.1. The van der Waals surface area contributed by atoms with E-state index in [1.165, 1.54) is 22.8 Å². The number of carbonyl (C=O) groups excluding carboxylic acids is 1. The largest absolute Gasteiger partial charge is 0.372 e. The number of rotatable bonds is 3. The molecule has 0 saturated carbocycles. The molecular formula is C21H23N3O3S. The summed E-state index contributed by atoms with van der Waals surface area (Å²) in [7, 11) is -1.93. The van der Waals surface area contributed by atoms with E-state index in [0.717, 1.165) is 42.0 Å². The SMILES string of the molecule is CN1C(=O)Cc2cc(S(=O)(=O)N3CCc4cc(N5CCCC5)ccc43)ccc21. The Morgan fingerprint density at radius 3 is 2.43 bits per heavy atom. The summed E-state index contributed by atoms with van der Waals surface area (Å²) < 4.78 is 28.1. The molecule has 2 aromatic rings. The van der Waals surface area contributed by atoms with Crippen molar-refractivity contribution in [2.45, 2.75) is 30.6 Å². The molecular weight excluding hydrogens is 374 g/mol. The van der Waals surface area contributed by atoms with Gasteiger partial charge >= 0.3 is 0 Å². The molecule has 0 aromatic heterocycles. The number of carbonyl (C=O) groups is 1. The van der Waals surface area contributed by atoms with Crippen LogP contribution < -0.4 is 14.1 Å². The number of hydrogen-bond donors (Lipinski definition) is 0. The summed E-state index contributed by atoms with van der Waals surface area (Å²) in [5.74, 6) is -0.00879. The molecule has 2 aromatic carbocycles. The Hall–Kier alpha value is -2.54. The maximum Gasteiger partial charge on any atom is 0.264 e. The molecule has 3 aliphatic heterocycles. The molecule has 28 heavy (non-hydrogen) atoms. The monoisotopic (exact) mass is 397 g/mol. The Morgan fingerprint density at radius 2 is 1.64 bits per heavy atom. The molecule has 0 spiro atoms. The van der Waals surface area contributed by atoms with Gasteiger partial charge in [-0.1, -0.05) is 0 Å². The Kier molecular flexibility index (Phi) is 3.91. The third kappa shape index (κ3) is 2.60. The zero-order valence-corrected chi connectivity index (χ0v) is 16.7. The third-order valence-corrected chi connectivity index (χ3v) is 7.91. The Balaban J connectivity index is 1.48. The second-order valence-corrected chi connectivity index (χ2v) is 9.62. The van der Waals surface area contributed by atoms with Crippen LogP contribution in [0, 0.1) is 0 Å². The highest BCUT2D eigenvalue weighted by Crippen LogP contribution is 2.37. The number of sulfonamides is 1. The van der Waals surface area contributed by atoms with Gasteiger partial charge in [-0.15, -0.1) is 0 Å². The molecule has 0 atom stereocenters. The van der Waals surface area contributed by atoms with Gasteiger partial charge in [0.05, 0.1) is 17.0 Å². The number of hydrogen-bond acceptors (Lipinski definition) is 4. The minimum Gasteiger partial charge on any atom is -0.372 e. The van der Waals surface area contributed by atoms with E-state index in [1.807, 2.05) is 12.1 Å². The molecule has 0 unspecified atom stereocenters. The quantitative estimate of drug-likeness (QED) is 0.799. The first-order valence-corrected chi connectivity index (χ1v) is 11.2. The topological polar surface area (TPSA) is 60.9 Å². The highest BCUT2D eigenvalue weighted by Gasteiger charge is 2.33. The van der Waals surface area contributed by atoms with Gasteiger partial charge in [0.1, 0.15) is 0 Å². The molecule has 0 N–H and O–H groups in total. The van der Waals surface area contributed by atoms with Gasteiger partial charge in [0, 0.05) is 38.1 Å². The lowest BCUT2D eigenvalue weighted by Crippen LogP contribution is -2.29. The van der Waals surface area contributed by atoms with Crippen molar-refractivity contribution in [1.82, 2.24) is 0 Å². The number of benzene rings is 2. The first kappa shape index (κ1) is 17.6. The summed E-state index contributed by atoms with van der Waals surface area (Å²) in [4.78, 5) is 16.1. The van der Waals surface area contributed by atoms with Crippen LogP contribution in [0.1, 0.15) is 24.0 Å². The second-order valence-electron chi connectivity index (χ2n) is 7.75. The van der Waals surface area contributed by atoms with Crippen LogP contribution in [0.5, 0.6) is 0 Å². The highest BCUT2D eigenvalue weighted by atomic mass is 32.2.